The first-order valence-electron chi connectivity index (χ1n) is 7.74. The van der Waals surface area contributed by atoms with E-state index < -0.39 is 0 Å². The molecule has 1 amide bonds. The number of likely N-dealkylation sites (tertiary alicyclic amines) is 1. The fourth-order valence-electron chi connectivity index (χ4n) is 2.84. The number of amides is 1. The van der Waals surface area contributed by atoms with Crippen LogP contribution in [0.5, 0.6) is 0 Å². The van der Waals surface area contributed by atoms with E-state index in [9.17, 15) is 4.79 Å². The van der Waals surface area contributed by atoms with Crippen LogP contribution in [0, 0.1) is 6.92 Å². The second-order valence-corrected chi connectivity index (χ2v) is 5.78. The van der Waals surface area contributed by atoms with Crippen molar-refractivity contribution in [3.8, 4) is 0 Å². The van der Waals surface area contributed by atoms with Crippen molar-refractivity contribution in [1.82, 2.24) is 15.4 Å². The number of aromatic nitrogens is 1. The zero-order valence-corrected chi connectivity index (χ0v) is 12.8. The van der Waals surface area contributed by atoms with Crippen LogP contribution in [0.3, 0.4) is 0 Å². The van der Waals surface area contributed by atoms with Gasteiger partial charge in [0.05, 0.1) is 11.7 Å². The van der Waals surface area contributed by atoms with Crippen LogP contribution in [-0.2, 0) is 0 Å². The van der Waals surface area contributed by atoms with Gasteiger partial charge in [-0.15, -0.1) is 0 Å². The largest absolute Gasteiger partial charge is 0.351 e. The summed E-state index contributed by atoms with van der Waals surface area (Å²) >= 11 is 0. The summed E-state index contributed by atoms with van der Waals surface area (Å²) in [5, 5.41) is 6.85. The molecule has 0 saturated carbocycles. The molecular weight excluding hydrogens is 278 g/mol. The van der Waals surface area contributed by atoms with Gasteiger partial charge in [-0.2, -0.15) is 0 Å². The van der Waals surface area contributed by atoms with E-state index in [0.717, 1.165) is 25.2 Å². The average molecular weight is 299 g/mol. The van der Waals surface area contributed by atoms with Gasteiger partial charge in [0.25, 0.3) is 5.91 Å². The highest BCUT2D eigenvalue weighted by Crippen LogP contribution is 2.18. The molecule has 1 aliphatic heterocycles. The highest BCUT2D eigenvalue weighted by Gasteiger charge is 2.22. The molecule has 5 nitrogen and oxygen atoms in total. The molecule has 1 fully saturated rings. The van der Waals surface area contributed by atoms with Gasteiger partial charge in [-0.3, -0.25) is 4.79 Å². The summed E-state index contributed by atoms with van der Waals surface area (Å²) in [5.74, 6) is 0.0495. The van der Waals surface area contributed by atoms with Crippen LogP contribution >= 0.6 is 0 Å². The van der Waals surface area contributed by atoms with Crippen molar-refractivity contribution >= 4 is 5.91 Å². The quantitative estimate of drug-likeness (QED) is 0.922. The number of rotatable bonds is 5. The summed E-state index contributed by atoms with van der Waals surface area (Å²) < 4.78 is 5.06. The van der Waals surface area contributed by atoms with Gasteiger partial charge in [-0.05, 0) is 38.4 Å². The van der Waals surface area contributed by atoms with Crippen molar-refractivity contribution in [3.05, 3.63) is 53.4 Å². The summed E-state index contributed by atoms with van der Waals surface area (Å²) in [6.45, 7) is 4.82. The number of benzene rings is 1. The van der Waals surface area contributed by atoms with Gasteiger partial charge in [0.2, 0.25) is 5.76 Å². The smallest absolute Gasteiger partial charge is 0.290 e. The molecule has 1 aromatic carbocycles. The standard InChI is InChI=1S/C17H21N3O2/c1-13-11-16(22-19-13)17(21)18-15(12-20-9-5-6-10-20)14-7-3-2-4-8-14/h2-4,7-8,11,15H,5-6,9-10,12H2,1H3,(H,18,21). The Kier molecular flexibility index (Phi) is 4.53. The Bertz CT molecular complexity index is 618. The maximum absolute atomic E-state index is 12.4. The summed E-state index contributed by atoms with van der Waals surface area (Å²) in [7, 11) is 0. The molecule has 0 bridgehead atoms. The minimum atomic E-state index is -0.214. The Morgan fingerprint density at radius 2 is 2.05 bits per heavy atom. The van der Waals surface area contributed by atoms with Crippen molar-refractivity contribution in [2.24, 2.45) is 0 Å². The number of carbonyl (C=O) groups excluding carboxylic acids is 1. The lowest BCUT2D eigenvalue weighted by molar-refractivity contribution is 0.0890. The first kappa shape index (κ1) is 14.8. The molecule has 0 spiro atoms. The normalized spacial score (nSPS) is 16.6. The molecule has 0 radical (unpaired) electrons. The third-order valence-corrected chi connectivity index (χ3v) is 4.00. The molecule has 1 aliphatic rings. The molecule has 1 aromatic heterocycles. The molecule has 2 aromatic rings. The minimum absolute atomic E-state index is 0.0443. The molecule has 3 rings (SSSR count). The summed E-state index contributed by atoms with van der Waals surface area (Å²) in [6.07, 6.45) is 2.47. The van der Waals surface area contributed by atoms with Gasteiger partial charge in [0.1, 0.15) is 0 Å². The van der Waals surface area contributed by atoms with Crippen molar-refractivity contribution in [2.75, 3.05) is 19.6 Å². The second kappa shape index (κ2) is 6.75. The molecule has 1 atom stereocenters. The van der Waals surface area contributed by atoms with E-state index in [-0.39, 0.29) is 17.7 Å². The molecule has 2 heterocycles. The summed E-state index contributed by atoms with van der Waals surface area (Å²) in [6, 6.07) is 11.7. The van der Waals surface area contributed by atoms with Crippen LogP contribution in [0.15, 0.2) is 40.9 Å². The topological polar surface area (TPSA) is 58.4 Å². The molecule has 22 heavy (non-hydrogen) atoms. The van der Waals surface area contributed by atoms with E-state index in [1.54, 1.807) is 13.0 Å². The molecule has 5 heteroatoms. The summed E-state index contributed by atoms with van der Waals surface area (Å²) in [4.78, 5) is 14.7. The van der Waals surface area contributed by atoms with Gasteiger partial charge < -0.3 is 14.7 Å². The second-order valence-electron chi connectivity index (χ2n) is 5.78. The number of hydrogen-bond donors (Lipinski definition) is 1. The van der Waals surface area contributed by atoms with E-state index in [1.165, 1.54) is 12.8 Å². The van der Waals surface area contributed by atoms with E-state index in [2.05, 4.69) is 15.4 Å². The zero-order valence-electron chi connectivity index (χ0n) is 12.8. The highest BCUT2D eigenvalue weighted by molar-refractivity contribution is 5.91. The third-order valence-electron chi connectivity index (χ3n) is 4.00. The average Bonchev–Trinajstić information content (AvgIpc) is 3.19. The van der Waals surface area contributed by atoms with Crippen LogP contribution in [0.25, 0.3) is 0 Å². The van der Waals surface area contributed by atoms with Crippen molar-refractivity contribution in [2.45, 2.75) is 25.8 Å². The van der Waals surface area contributed by atoms with E-state index in [4.69, 9.17) is 4.52 Å². The third kappa shape index (κ3) is 3.54. The van der Waals surface area contributed by atoms with E-state index in [0.29, 0.717) is 5.69 Å². The summed E-state index contributed by atoms with van der Waals surface area (Å²) in [5.41, 5.74) is 1.82. The number of aryl methyl sites for hydroxylation is 1. The number of nitrogens with one attached hydrogen (secondary N) is 1. The first-order chi connectivity index (χ1) is 10.7. The van der Waals surface area contributed by atoms with Gasteiger partial charge in [0, 0.05) is 12.6 Å². The Balaban J connectivity index is 1.74. The maximum Gasteiger partial charge on any atom is 0.290 e. The number of nitrogens with zero attached hydrogens (tertiary/aromatic N) is 2. The predicted octanol–water partition coefficient (Wildman–Crippen LogP) is 2.55. The van der Waals surface area contributed by atoms with E-state index >= 15 is 0 Å². The number of hydrogen-bond acceptors (Lipinski definition) is 4. The van der Waals surface area contributed by atoms with Crippen LogP contribution in [-0.4, -0.2) is 35.6 Å². The molecule has 1 unspecified atom stereocenters. The number of carbonyl (C=O) groups is 1. The fraction of sp³-hybridized carbons (Fsp3) is 0.412. The van der Waals surface area contributed by atoms with Crippen LogP contribution in [0.1, 0.15) is 40.7 Å². The fourth-order valence-corrected chi connectivity index (χ4v) is 2.84. The zero-order chi connectivity index (χ0) is 15.4. The lowest BCUT2D eigenvalue weighted by Crippen LogP contribution is -2.36. The van der Waals surface area contributed by atoms with Gasteiger partial charge in [-0.25, -0.2) is 0 Å². The molecule has 1 saturated heterocycles. The Morgan fingerprint density at radius 3 is 2.68 bits per heavy atom. The van der Waals surface area contributed by atoms with Gasteiger partial charge >= 0.3 is 0 Å². The monoisotopic (exact) mass is 299 g/mol. The predicted molar refractivity (Wildman–Crippen MR) is 83.6 cm³/mol. The minimum Gasteiger partial charge on any atom is -0.351 e. The van der Waals surface area contributed by atoms with Gasteiger partial charge in [-0.1, -0.05) is 35.5 Å². The lowest BCUT2D eigenvalue weighted by Gasteiger charge is -2.24. The maximum atomic E-state index is 12.4. The first-order valence-corrected chi connectivity index (χ1v) is 7.74. The van der Waals surface area contributed by atoms with Crippen LogP contribution in [0.2, 0.25) is 0 Å². The van der Waals surface area contributed by atoms with Gasteiger partial charge in [0.15, 0.2) is 0 Å². The molecular formula is C17H21N3O2. The van der Waals surface area contributed by atoms with Crippen molar-refractivity contribution in [1.29, 1.82) is 0 Å². The van der Waals surface area contributed by atoms with Crippen molar-refractivity contribution in [3.63, 3.8) is 0 Å². The van der Waals surface area contributed by atoms with Crippen molar-refractivity contribution < 1.29 is 9.32 Å². The van der Waals surface area contributed by atoms with E-state index in [1.807, 2.05) is 30.3 Å². The molecule has 116 valence electrons. The Morgan fingerprint density at radius 1 is 1.32 bits per heavy atom. The SMILES string of the molecule is Cc1cc(C(=O)NC(CN2CCCC2)c2ccccc2)on1. The van der Waals surface area contributed by atoms with Crippen LogP contribution in [0.4, 0.5) is 0 Å². The molecule has 0 aliphatic carbocycles. The molecule has 1 N–H and O–H groups in total. The van der Waals surface area contributed by atoms with Crippen LogP contribution < -0.4 is 5.32 Å². The Hall–Kier alpha value is -2.14. The lowest BCUT2D eigenvalue weighted by atomic mass is 10.1. The highest BCUT2D eigenvalue weighted by atomic mass is 16.5. The Labute approximate surface area is 130 Å².